The Morgan fingerprint density at radius 3 is 2.76 bits per heavy atom. The van der Waals surface area contributed by atoms with E-state index in [1.807, 2.05) is 11.9 Å². The van der Waals surface area contributed by atoms with Crippen LogP contribution in [0.1, 0.15) is 12.5 Å². The van der Waals surface area contributed by atoms with Gasteiger partial charge in [-0.2, -0.15) is 0 Å². The third-order valence-corrected chi connectivity index (χ3v) is 2.50. The van der Waals surface area contributed by atoms with E-state index >= 15 is 0 Å². The zero-order valence-corrected chi connectivity index (χ0v) is 10.5. The first-order valence-corrected chi connectivity index (χ1v) is 5.53. The van der Waals surface area contributed by atoms with E-state index in [1.165, 1.54) is 12.1 Å². The molecule has 0 aromatic heterocycles. The number of Topliss-reactive ketones (excluding diaryl/α,β-unsaturated/α-hetero) is 1. The molecule has 0 bridgehead atoms. The number of carbonyl (C=O) groups excluding carboxylic acids is 1. The summed E-state index contributed by atoms with van der Waals surface area (Å²) in [7, 11) is 3.43. The molecule has 0 atom stereocenters. The van der Waals surface area contributed by atoms with E-state index in [1.54, 1.807) is 20.1 Å². The molecule has 94 valence electrons. The van der Waals surface area contributed by atoms with E-state index in [2.05, 4.69) is 0 Å². The van der Waals surface area contributed by atoms with Crippen LogP contribution < -0.4 is 4.74 Å². The molecule has 0 aliphatic heterocycles. The number of ketones is 1. The van der Waals surface area contributed by atoms with Crippen LogP contribution in [-0.2, 0) is 11.2 Å². The summed E-state index contributed by atoms with van der Waals surface area (Å²) in [5, 5.41) is 0. The smallest absolute Gasteiger partial charge is 0.143 e. The Morgan fingerprint density at radius 1 is 1.47 bits per heavy atom. The van der Waals surface area contributed by atoms with Gasteiger partial charge in [-0.05, 0) is 44.2 Å². The van der Waals surface area contributed by atoms with Crippen molar-refractivity contribution >= 4 is 5.78 Å². The van der Waals surface area contributed by atoms with E-state index in [4.69, 9.17) is 4.74 Å². The zero-order valence-electron chi connectivity index (χ0n) is 10.5. The first-order chi connectivity index (χ1) is 8.02. The molecule has 0 saturated heterocycles. The Morgan fingerprint density at radius 2 is 2.18 bits per heavy atom. The van der Waals surface area contributed by atoms with E-state index in [-0.39, 0.29) is 11.6 Å². The van der Waals surface area contributed by atoms with Gasteiger partial charge in [0, 0.05) is 6.54 Å². The van der Waals surface area contributed by atoms with Crippen molar-refractivity contribution in [2.75, 3.05) is 27.2 Å². The molecule has 0 fully saturated rings. The van der Waals surface area contributed by atoms with E-state index in [0.29, 0.717) is 25.3 Å². The molecule has 0 aliphatic carbocycles. The fourth-order valence-electron chi connectivity index (χ4n) is 1.71. The monoisotopic (exact) mass is 239 g/mol. The standard InChI is InChI=1S/C13H18FNO2/c1-10(16)9-15(2)7-6-11-8-12(14)4-5-13(11)17-3/h4-5,8H,6-7,9H2,1-3H3. The van der Waals surface area contributed by atoms with Gasteiger partial charge < -0.3 is 4.74 Å². The molecule has 17 heavy (non-hydrogen) atoms. The summed E-state index contributed by atoms with van der Waals surface area (Å²) in [6.07, 6.45) is 0.657. The summed E-state index contributed by atoms with van der Waals surface area (Å²) in [6.45, 7) is 2.66. The Labute approximate surface area is 101 Å². The molecule has 0 unspecified atom stereocenters. The maximum atomic E-state index is 13.1. The molecular formula is C13H18FNO2. The lowest BCUT2D eigenvalue weighted by Gasteiger charge is -2.15. The Balaban J connectivity index is 2.61. The summed E-state index contributed by atoms with van der Waals surface area (Å²) in [6, 6.07) is 4.47. The lowest BCUT2D eigenvalue weighted by atomic mass is 10.1. The summed E-state index contributed by atoms with van der Waals surface area (Å²) >= 11 is 0. The van der Waals surface area contributed by atoms with Gasteiger partial charge in [-0.1, -0.05) is 0 Å². The molecule has 0 spiro atoms. The van der Waals surface area contributed by atoms with Crippen molar-refractivity contribution in [1.29, 1.82) is 0 Å². The molecule has 0 radical (unpaired) electrons. The largest absolute Gasteiger partial charge is 0.496 e. The van der Waals surface area contributed by atoms with Crippen LogP contribution in [0, 0.1) is 5.82 Å². The fourth-order valence-corrected chi connectivity index (χ4v) is 1.71. The van der Waals surface area contributed by atoms with Crippen molar-refractivity contribution < 1.29 is 13.9 Å². The van der Waals surface area contributed by atoms with Gasteiger partial charge in [-0.25, -0.2) is 4.39 Å². The quantitative estimate of drug-likeness (QED) is 0.759. The van der Waals surface area contributed by atoms with Gasteiger partial charge in [0.25, 0.3) is 0 Å². The average Bonchev–Trinajstić information content (AvgIpc) is 2.25. The maximum absolute atomic E-state index is 13.1. The molecule has 0 heterocycles. The number of methoxy groups -OCH3 is 1. The predicted octanol–water partition coefficient (Wildman–Crippen LogP) is 1.90. The predicted molar refractivity (Wildman–Crippen MR) is 64.8 cm³/mol. The van der Waals surface area contributed by atoms with E-state index in [0.717, 1.165) is 5.56 Å². The van der Waals surface area contributed by atoms with Crippen molar-refractivity contribution in [3.05, 3.63) is 29.6 Å². The Bertz CT molecular complexity index is 393. The highest BCUT2D eigenvalue weighted by molar-refractivity contribution is 5.77. The van der Waals surface area contributed by atoms with Crippen LogP contribution in [-0.4, -0.2) is 37.9 Å². The molecule has 1 aromatic rings. The minimum atomic E-state index is -0.268. The fraction of sp³-hybridized carbons (Fsp3) is 0.462. The van der Waals surface area contributed by atoms with Crippen LogP contribution in [0.2, 0.25) is 0 Å². The van der Waals surface area contributed by atoms with Crippen LogP contribution in [0.3, 0.4) is 0 Å². The lowest BCUT2D eigenvalue weighted by molar-refractivity contribution is -0.117. The summed E-state index contributed by atoms with van der Waals surface area (Å²) < 4.78 is 18.3. The summed E-state index contributed by atoms with van der Waals surface area (Å²) in [5.74, 6) is 0.538. The molecule has 0 N–H and O–H groups in total. The molecule has 1 rings (SSSR count). The van der Waals surface area contributed by atoms with Gasteiger partial charge in [0.1, 0.15) is 17.3 Å². The number of halogens is 1. The van der Waals surface area contributed by atoms with E-state index in [9.17, 15) is 9.18 Å². The molecule has 1 aromatic carbocycles. The van der Waals surface area contributed by atoms with Crippen molar-refractivity contribution in [3.8, 4) is 5.75 Å². The van der Waals surface area contributed by atoms with Crippen LogP contribution in [0.4, 0.5) is 4.39 Å². The Kier molecular flexibility index (Phi) is 5.10. The molecular weight excluding hydrogens is 221 g/mol. The third-order valence-electron chi connectivity index (χ3n) is 2.50. The van der Waals surface area contributed by atoms with Gasteiger partial charge in [0.05, 0.1) is 13.7 Å². The second kappa shape index (κ2) is 6.35. The summed E-state index contributed by atoms with van der Waals surface area (Å²) in [4.78, 5) is 12.8. The minimum Gasteiger partial charge on any atom is -0.496 e. The van der Waals surface area contributed by atoms with Crippen molar-refractivity contribution in [2.45, 2.75) is 13.3 Å². The highest BCUT2D eigenvalue weighted by Crippen LogP contribution is 2.19. The van der Waals surface area contributed by atoms with Crippen molar-refractivity contribution in [1.82, 2.24) is 4.90 Å². The first-order valence-electron chi connectivity index (χ1n) is 5.53. The maximum Gasteiger partial charge on any atom is 0.143 e. The average molecular weight is 239 g/mol. The first kappa shape index (κ1) is 13.6. The number of ether oxygens (including phenoxy) is 1. The van der Waals surface area contributed by atoms with Gasteiger partial charge in [-0.3, -0.25) is 9.69 Å². The number of hydrogen-bond acceptors (Lipinski definition) is 3. The third kappa shape index (κ3) is 4.53. The molecule has 4 heteroatoms. The van der Waals surface area contributed by atoms with Crippen LogP contribution in [0.5, 0.6) is 5.75 Å². The van der Waals surface area contributed by atoms with Gasteiger partial charge >= 0.3 is 0 Å². The molecule has 3 nitrogen and oxygen atoms in total. The number of carbonyl (C=O) groups is 1. The van der Waals surface area contributed by atoms with Crippen molar-refractivity contribution in [2.24, 2.45) is 0 Å². The number of nitrogens with zero attached hydrogens (tertiary/aromatic N) is 1. The second-order valence-electron chi connectivity index (χ2n) is 4.15. The van der Waals surface area contributed by atoms with Gasteiger partial charge in [0.15, 0.2) is 0 Å². The van der Waals surface area contributed by atoms with Crippen LogP contribution >= 0.6 is 0 Å². The van der Waals surface area contributed by atoms with E-state index < -0.39 is 0 Å². The van der Waals surface area contributed by atoms with Gasteiger partial charge in [0.2, 0.25) is 0 Å². The molecule has 0 saturated carbocycles. The molecule has 0 amide bonds. The van der Waals surface area contributed by atoms with Crippen LogP contribution in [0.15, 0.2) is 18.2 Å². The molecule has 0 aliphatic rings. The number of benzene rings is 1. The van der Waals surface area contributed by atoms with Gasteiger partial charge in [-0.15, -0.1) is 0 Å². The topological polar surface area (TPSA) is 29.5 Å². The summed E-state index contributed by atoms with van der Waals surface area (Å²) in [5.41, 5.74) is 0.822. The SMILES string of the molecule is COc1ccc(F)cc1CCN(C)CC(C)=O. The number of rotatable bonds is 6. The zero-order chi connectivity index (χ0) is 12.8. The highest BCUT2D eigenvalue weighted by atomic mass is 19.1. The second-order valence-corrected chi connectivity index (χ2v) is 4.15. The normalized spacial score (nSPS) is 10.6. The minimum absolute atomic E-state index is 0.124. The van der Waals surface area contributed by atoms with Crippen LogP contribution in [0.25, 0.3) is 0 Å². The highest BCUT2D eigenvalue weighted by Gasteiger charge is 2.07. The van der Waals surface area contributed by atoms with Crippen molar-refractivity contribution in [3.63, 3.8) is 0 Å². The number of likely N-dealkylation sites (N-methyl/N-ethyl adjacent to an activating group) is 1. The Hall–Kier alpha value is -1.42. The number of hydrogen-bond donors (Lipinski definition) is 0. The lowest BCUT2D eigenvalue weighted by Crippen LogP contribution is -2.26.